The molecule has 1 nitrogen and oxygen atoms in total. The van der Waals surface area contributed by atoms with Crippen LogP contribution >= 0.6 is 0 Å². The van der Waals surface area contributed by atoms with E-state index < -0.39 is 23.6 Å². The lowest BCUT2D eigenvalue weighted by molar-refractivity contribution is -0.0214. The molecule has 1 aliphatic rings. The van der Waals surface area contributed by atoms with Gasteiger partial charge in [0.05, 0.1) is 12.7 Å². The summed E-state index contributed by atoms with van der Waals surface area (Å²) >= 11 is 0. The summed E-state index contributed by atoms with van der Waals surface area (Å²) < 4.78 is 48.7. The van der Waals surface area contributed by atoms with E-state index in [9.17, 15) is 13.2 Å². The molecule has 1 saturated heterocycles. The summed E-state index contributed by atoms with van der Waals surface area (Å²) in [6.07, 6.45) is 3.45. The Hall–Kier alpha value is -1.81. The van der Waals surface area contributed by atoms with Gasteiger partial charge in [0, 0.05) is 11.1 Å². The Labute approximate surface area is 146 Å². The van der Waals surface area contributed by atoms with Gasteiger partial charge in [-0.1, -0.05) is 37.6 Å². The molecule has 0 spiro atoms. The first kappa shape index (κ1) is 18.0. The van der Waals surface area contributed by atoms with E-state index in [0.29, 0.717) is 30.1 Å². The third-order valence-electron chi connectivity index (χ3n) is 5.01. The van der Waals surface area contributed by atoms with Crippen LogP contribution in [0, 0.1) is 30.3 Å². The Morgan fingerprint density at radius 3 is 2.48 bits per heavy atom. The van der Waals surface area contributed by atoms with E-state index >= 15 is 0 Å². The van der Waals surface area contributed by atoms with E-state index in [1.807, 2.05) is 0 Å². The Morgan fingerprint density at radius 1 is 1.04 bits per heavy atom. The molecule has 1 heterocycles. The second-order valence-corrected chi connectivity index (χ2v) is 6.85. The Morgan fingerprint density at radius 2 is 1.84 bits per heavy atom. The van der Waals surface area contributed by atoms with E-state index in [1.54, 1.807) is 25.1 Å². The van der Waals surface area contributed by atoms with E-state index in [-0.39, 0.29) is 11.1 Å². The van der Waals surface area contributed by atoms with Gasteiger partial charge < -0.3 is 4.74 Å². The maximum atomic E-state index is 14.6. The largest absolute Gasteiger partial charge is 0.373 e. The van der Waals surface area contributed by atoms with E-state index in [4.69, 9.17) is 4.74 Å². The molecular weight excluding hydrogens is 325 g/mol. The number of hydrogen-bond donors (Lipinski definition) is 0. The first-order valence-electron chi connectivity index (χ1n) is 8.87. The fraction of sp³-hybridized carbons (Fsp3) is 0.429. The molecular formula is C21H23F3O. The number of aryl methyl sites for hydroxylation is 1. The minimum Gasteiger partial charge on any atom is -0.373 e. The lowest BCUT2D eigenvalue weighted by Crippen LogP contribution is -2.21. The van der Waals surface area contributed by atoms with Gasteiger partial charge in [0.2, 0.25) is 0 Å². The van der Waals surface area contributed by atoms with Crippen LogP contribution in [0.3, 0.4) is 0 Å². The Bertz CT molecular complexity index is 749. The molecule has 134 valence electrons. The molecule has 0 aliphatic carbocycles. The first-order chi connectivity index (χ1) is 12.0. The summed E-state index contributed by atoms with van der Waals surface area (Å²) in [5.41, 5.74) is 1.13. The van der Waals surface area contributed by atoms with Crippen LogP contribution in [0.4, 0.5) is 13.2 Å². The van der Waals surface area contributed by atoms with Crippen LogP contribution in [-0.4, -0.2) is 6.61 Å². The van der Waals surface area contributed by atoms with Crippen molar-refractivity contribution in [3.8, 4) is 11.1 Å². The molecule has 1 aliphatic heterocycles. The van der Waals surface area contributed by atoms with Crippen molar-refractivity contribution in [3.05, 3.63) is 58.9 Å². The standard InChI is InChI=1S/C21H23F3O/c1-3-4-14-6-10-19(25-12-14)17-9-8-16(20(23)21(17)24)15-7-5-13(2)18(22)11-15/h5,7-9,11,14,19H,3-4,6,10,12H2,1-2H3. The van der Waals surface area contributed by atoms with Crippen LogP contribution in [0.1, 0.15) is 49.8 Å². The van der Waals surface area contributed by atoms with Crippen molar-refractivity contribution in [1.29, 1.82) is 0 Å². The summed E-state index contributed by atoms with van der Waals surface area (Å²) in [4.78, 5) is 0. The topological polar surface area (TPSA) is 9.23 Å². The van der Waals surface area contributed by atoms with Crippen LogP contribution in [0.2, 0.25) is 0 Å². The number of halogens is 3. The molecule has 4 heteroatoms. The van der Waals surface area contributed by atoms with Crippen molar-refractivity contribution < 1.29 is 17.9 Å². The van der Waals surface area contributed by atoms with Gasteiger partial charge in [-0.3, -0.25) is 0 Å². The molecule has 2 aromatic rings. The number of ether oxygens (including phenoxy) is 1. The van der Waals surface area contributed by atoms with Crippen molar-refractivity contribution in [2.45, 2.75) is 45.6 Å². The van der Waals surface area contributed by atoms with Crippen LogP contribution in [0.25, 0.3) is 11.1 Å². The van der Waals surface area contributed by atoms with Crippen LogP contribution in [0.15, 0.2) is 30.3 Å². The quantitative estimate of drug-likeness (QED) is 0.626. The van der Waals surface area contributed by atoms with Gasteiger partial charge in [-0.15, -0.1) is 0 Å². The molecule has 2 atom stereocenters. The van der Waals surface area contributed by atoms with Gasteiger partial charge in [0.1, 0.15) is 5.82 Å². The first-order valence-corrected chi connectivity index (χ1v) is 8.87. The van der Waals surface area contributed by atoms with E-state index in [1.165, 1.54) is 12.1 Å². The second kappa shape index (κ2) is 7.61. The third kappa shape index (κ3) is 3.74. The van der Waals surface area contributed by atoms with Crippen molar-refractivity contribution in [2.24, 2.45) is 5.92 Å². The molecule has 1 fully saturated rings. The van der Waals surface area contributed by atoms with Crippen molar-refractivity contribution in [1.82, 2.24) is 0 Å². The molecule has 0 aromatic heterocycles. The maximum absolute atomic E-state index is 14.6. The van der Waals surface area contributed by atoms with Gasteiger partial charge in [-0.2, -0.15) is 0 Å². The number of benzene rings is 2. The van der Waals surface area contributed by atoms with E-state index in [0.717, 1.165) is 19.3 Å². The summed E-state index contributed by atoms with van der Waals surface area (Å²) in [5.74, 6) is -1.76. The highest BCUT2D eigenvalue weighted by Gasteiger charge is 2.27. The second-order valence-electron chi connectivity index (χ2n) is 6.85. The highest BCUT2D eigenvalue weighted by molar-refractivity contribution is 5.65. The van der Waals surface area contributed by atoms with Crippen molar-refractivity contribution >= 4 is 0 Å². The molecule has 2 aromatic carbocycles. The third-order valence-corrected chi connectivity index (χ3v) is 5.01. The maximum Gasteiger partial charge on any atom is 0.167 e. The SMILES string of the molecule is CCCC1CCC(c2ccc(-c3ccc(C)c(F)c3)c(F)c2F)OC1. The van der Waals surface area contributed by atoms with Crippen LogP contribution in [-0.2, 0) is 4.74 Å². The zero-order chi connectivity index (χ0) is 18.0. The van der Waals surface area contributed by atoms with Crippen molar-refractivity contribution in [2.75, 3.05) is 6.61 Å². The highest BCUT2D eigenvalue weighted by atomic mass is 19.2. The molecule has 25 heavy (non-hydrogen) atoms. The normalized spacial score (nSPS) is 20.7. The van der Waals surface area contributed by atoms with Gasteiger partial charge in [0.25, 0.3) is 0 Å². The van der Waals surface area contributed by atoms with Gasteiger partial charge in [0.15, 0.2) is 11.6 Å². The van der Waals surface area contributed by atoms with Crippen LogP contribution in [0.5, 0.6) is 0 Å². The molecule has 0 bridgehead atoms. The smallest absolute Gasteiger partial charge is 0.167 e. The molecule has 0 radical (unpaired) electrons. The number of hydrogen-bond acceptors (Lipinski definition) is 1. The van der Waals surface area contributed by atoms with E-state index in [2.05, 4.69) is 6.92 Å². The Kier molecular flexibility index (Phi) is 5.48. The lowest BCUT2D eigenvalue weighted by atomic mass is 9.91. The predicted molar refractivity (Wildman–Crippen MR) is 92.8 cm³/mol. The van der Waals surface area contributed by atoms with Crippen molar-refractivity contribution in [3.63, 3.8) is 0 Å². The zero-order valence-corrected chi connectivity index (χ0v) is 14.6. The molecule has 0 amide bonds. The average Bonchev–Trinajstić information content (AvgIpc) is 2.61. The summed E-state index contributed by atoms with van der Waals surface area (Å²) in [6.45, 7) is 4.35. The molecule has 2 unspecified atom stereocenters. The van der Waals surface area contributed by atoms with Gasteiger partial charge in [-0.25, -0.2) is 13.2 Å². The molecule has 3 rings (SSSR count). The summed E-state index contributed by atoms with van der Waals surface area (Å²) in [6, 6.07) is 7.48. The lowest BCUT2D eigenvalue weighted by Gasteiger charge is -2.29. The minimum atomic E-state index is -0.944. The highest BCUT2D eigenvalue weighted by Crippen LogP contribution is 2.36. The minimum absolute atomic E-state index is 0.0693. The Balaban J connectivity index is 1.85. The monoisotopic (exact) mass is 348 g/mol. The predicted octanol–water partition coefficient (Wildman–Crippen LogP) is 6.35. The van der Waals surface area contributed by atoms with Gasteiger partial charge in [-0.05, 0) is 49.3 Å². The fourth-order valence-corrected chi connectivity index (χ4v) is 3.48. The molecule has 0 saturated carbocycles. The fourth-order valence-electron chi connectivity index (χ4n) is 3.48. The average molecular weight is 348 g/mol. The summed E-state index contributed by atoms with van der Waals surface area (Å²) in [7, 11) is 0. The summed E-state index contributed by atoms with van der Waals surface area (Å²) in [5, 5.41) is 0. The zero-order valence-electron chi connectivity index (χ0n) is 14.6. The number of rotatable bonds is 4. The van der Waals surface area contributed by atoms with Gasteiger partial charge >= 0.3 is 0 Å². The molecule has 0 N–H and O–H groups in total. The van der Waals surface area contributed by atoms with Crippen LogP contribution < -0.4 is 0 Å².